The SMILES string of the molecule is O=C(C[n+]1ccccc1Cl)c1ccccc1.[Cl-]. The van der Waals surface area contributed by atoms with E-state index in [9.17, 15) is 4.79 Å². The zero-order valence-electron chi connectivity index (χ0n) is 9.01. The number of hydrogen-bond donors (Lipinski definition) is 0. The molecule has 0 radical (unpaired) electrons. The van der Waals surface area contributed by atoms with Crippen LogP contribution in [0.4, 0.5) is 0 Å². The third kappa shape index (κ3) is 3.55. The molecular formula is C13H11Cl2NO. The van der Waals surface area contributed by atoms with Crippen LogP contribution in [0.3, 0.4) is 0 Å². The van der Waals surface area contributed by atoms with E-state index in [4.69, 9.17) is 11.6 Å². The number of nitrogens with zero attached hydrogens (tertiary/aromatic N) is 1. The summed E-state index contributed by atoms with van der Waals surface area (Å²) in [4.78, 5) is 11.9. The van der Waals surface area contributed by atoms with Gasteiger partial charge in [0.15, 0.2) is 6.20 Å². The van der Waals surface area contributed by atoms with Crippen molar-refractivity contribution in [1.82, 2.24) is 0 Å². The van der Waals surface area contributed by atoms with E-state index in [1.807, 2.05) is 30.3 Å². The Morgan fingerprint density at radius 1 is 1.06 bits per heavy atom. The molecule has 88 valence electrons. The van der Waals surface area contributed by atoms with Crippen molar-refractivity contribution in [3.8, 4) is 0 Å². The summed E-state index contributed by atoms with van der Waals surface area (Å²) in [5.74, 6) is 0.0544. The molecule has 0 N–H and O–H groups in total. The number of carbonyl (C=O) groups excluding carboxylic acids is 1. The average Bonchev–Trinajstić information content (AvgIpc) is 2.33. The van der Waals surface area contributed by atoms with Gasteiger partial charge < -0.3 is 12.4 Å². The summed E-state index contributed by atoms with van der Waals surface area (Å²) in [5.41, 5.74) is 0.704. The Balaban J connectivity index is 0.00000144. The fourth-order valence-electron chi connectivity index (χ4n) is 1.45. The van der Waals surface area contributed by atoms with Gasteiger partial charge in [0.1, 0.15) is 0 Å². The van der Waals surface area contributed by atoms with Gasteiger partial charge in [-0.15, -0.1) is 0 Å². The summed E-state index contributed by atoms with van der Waals surface area (Å²) in [5, 5.41) is 0.562. The Labute approximate surface area is 111 Å². The first kappa shape index (κ1) is 13.7. The van der Waals surface area contributed by atoms with Crippen molar-refractivity contribution >= 4 is 17.4 Å². The molecule has 1 aromatic heterocycles. The van der Waals surface area contributed by atoms with Crippen molar-refractivity contribution in [1.29, 1.82) is 0 Å². The summed E-state index contributed by atoms with van der Waals surface area (Å²) < 4.78 is 1.72. The van der Waals surface area contributed by atoms with Crippen molar-refractivity contribution in [2.75, 3.05) is 0 Å². The first-order valence-corrected chi connectivity index (χ1v) is 5.37. The maximum Gasteiger partial charge on any atom is 0.275 e. The number of pyridine rings is 1. The highest BCUT2D eigenvalue weighted by atomic mass is 35.5. The first-order valence-electron chi connectivity index (χ1n) is 4.99. The monoisotopic (exact) mass is 267 g/mol. The van der Waals surface area contributed by atoms with Crippen molar-refractivity contribution in [3.63, 3.8) is 0 Å². The van der Waals surface area contributed by atoms with Crippen LogP contribution in [-0.4, -0.2) is 5.78 Å². The van der Waals surface area contributed by atoms with Gasteiger partial charge in [-0.2, -0.15) is 4.57 Å². The van der Waals surface area contributed by atoms with Crippen LogP contribution in [0.5, 0.6) is 0 Å². The van der Waals surface area contributed by atoms with Gasteiger partial charge in [0.05, 0.1) is 0 Å². The fraction of sp³-hybridized carbons (Fsp3) is 0.0769. The molecule has 0 unspecified atom stereocenters. The van der Waals surface area contributed by atoms with E-state index in [-0.39, 0.29) is 24.7 Å². The topological polar surface area (TPSA) is 20.9 Å². The van der Waals surface area contributed by atoms with Gasteiger partial charge in [0.25, 0.3) is 5.15 Å². The van der Waals surface area contributed by atoms with Crippen LogP contribution < -0.4 is 17.0 Å². The van der Waals surface area contributed by atoms with E-state index in [0.717, 1.165) is 0 Å². The number of rotatable bonds is 3. The Bertz CT molecular complexity index is 500. The minimum absolute atomic E-state index is 0. The standard InChI is InChI=1S/C13H11ClNO.ClH/c14-13-8-4-5-9-15(13)10-12(16)11-6-2-1-3-7-11;/h1-9H,10H2;1H/q+1;/p-1. The van der Waals surface area contributed by atoms with Crippen molar-refractivity contribution in [2.24, 2.45) is 0 Å². The fourth-order valence-corrected chi connectivity index (χ4v) is 1.64. The number of hydrogen-bond acceptors (Lipinski definition) is 1. The third-order valence-corrected chi connectivity index (χ3v) is 2.64. The molecule has 0 aliphatic rings. The number of carbonyl (C=O) groups is 1. The Morgan fingerprint density at radius 3 is 2.35 bits per heavy atom. The van der Waals surface area contributed by atoms with E-state index >= 15 is 0 Å². The molecule has 2 aromatic rings. The largest absolute Gasteiger partial charge is 1.00 e. The molecule has 0 aliphatic carbocycles. The summed E-state index contributed by atoms with van der Waals surface area (Å²) in [7, 11) is 0. The lowest BCUT2D eigenvalue weighted by Crippen LogP contribution is -3.00. The van der Waals surface area contributed by atoms with Crippen molar-refractivity contribution in [3.05, 3.63) is 65.4 Å². The molecule has 0 fully saturated rings. The van der Waals surface area contributed by atoms with Crippen LogP contribution in [0.2, 0.25) is 5.15 Å². The van der Waals surface area contributed by atoms with E-state index in [2.05, 4.69) is 0 Å². The second-order valence-electron chi connectivity index (χ2n) is 3.44. The maximum absolute atomic E-state index is 11.9. The van der Waals surface area contributed by atoms with Gasteiger partial charge in [-0.3, -0.25) is 4.79 Å². The second-order valence-corrected chi connectivity index (χ2v) is 3.83. The van der Waals surface area contributed by atoms with Crippen LogP contribution >= 0.6 is 11.6 Å². The molecule has 4 heteroatoms. The molecule has 1 heterocycles. The summed E-state index contributed by atoms with van der Waals surface area (Å²) >= 11 is 5.97. The van der Waals surface area contributed by atoms with Gasteiger partial charge in [0, 0.05) is 17.7 Å². The molecule has 0 bridgehead atoms. The number of aromatic nitrogens is 1. The van der Waals surface area contributed by atoms with Crippen LogP contribution in [0.25, 0.3) is 0 Å². The second kappa shape index (κ2) is 6.38. The normalized spacial score (nSPS) is 9.47. The molecule has 0 atom stereocenters. The highest BCUT2D eigenvalue weighted by Crippen LogP contribution is 2.02. The van der Waals surface area contributed by atoms with Gasteiger partial charge in [-0.1, -0.05) is 30.3 Å². The Hall–Kier alpha value is -1.38. The molecule has 0 amide bonds. The zero-order valence-corrected chi connectivity index (χ0v) is 10.5. The van der Waals surface area contributed by atoms with E-state index in [0.29, 0.717) is 10.7 Å². The average molecular weight is 268 g/mol. The quantitative estimate of drug-likeness (QED) is 0.418. The lowest BCUT2D eigenvalue weighted by molar-refractivity contribution is -0.681. The molecule has 2 nitrogen and oxygen atoms in total. The predicted octanol–water partition coefficient (Wildman–Crippen LogP) is -0.486. The number of Topliss-reactive ketones (excluding diaryl/α,β-unsaturated/α-hetero) is 1. The van der Waals surface area contributed by atoms with Crippen LogP contribution in [0.1, 0.15) is 10.4 Å². The van der Waals surface area contributed by atoms with E-state index in [1.165, 1.54) is 0 Å². The molecule has 2 rings (SSSR count). The summed E-state index contributed by atoms with van der Waals surface area (Å²) in [6.45, 7) is 0.268. The Kier molecular flexibility index (Phi) is 5.13. The zero-order chi connectivity index (χ0) is 11.4. The number of benzene rings is 1. The van der Waals surface area contributed by atoms with E-state index in [1.54, 1.807) is 29.0 Å². The molecule has 0 aliphatic heterocycles. The van der Waals surface area contributed by atoms with Gasteiger partial charge in [0.2, 0.25) is 12.3 Å². The molecule has 0 spiro atoms. The lowest BCUT2D eigenvalue weighted by atomic mass is 10.1. The summed E-state index contributed by atoms with van der Waals surface area (Å²) in [6.07, 6.45) is 1.79. The van der Waals surface area contributed by atoms with Crippen LogP contribution in [0, 0.1) is 0 Å². The van der Waals surface area contributed by atoms with Crippen LogP contribution in [0.15, 0.2) is 54.7 Å². The molecule has 0 saturated heterocycles. The summed E-state index contributed by atoms with van der Waals surface area (Å²) in [6, 6.07) is 14.7. The molecule has 1 aromatic carbocycles. The number of ketones is 1. The minimum Gasteiger partial charge on any atom is -1.00 e. The smallest absolute Gasteiger partial charge is 0.275 e. The Morgan fingerprint density at radius 2 is 1.71 bits per heavy atom. The lowest BCUT2D eigenvalue weighted by Gasteiger charge is -1.98. The van der Waals surface area contributed by atoms with Gasteiger partial charge in [-0.05, 0) is 17.7 Å². The molecule has 17 heavy (non-hydrogen) atoms. The van der Waals surface area contributed by atoms with Crippen LogP contribution in [-0.2, 0) is 6.54 Å². The van der Waals surface area contributed by atoms with Gasteiger partial charge in [-0.25, -0.2) is 0 Å². The number of halogens is 2. The minimum atomic E-state index is 0. The van der Waals surface area contributed by atoms with E-state index < -0.39 is 0 Å². The molecule has 0 saturated carbocycles. The predicted molar refractivity (Wildman–Crippen MR) is 62.4 cm³/mol. The highest BCUT2D eigenvalue weighted by Gasteiger charge is 2.14. The molecular weight excluding hydrogens is 257 g/mol. The maximum atomic E-state index is 11.9. The van der Waals surface area contributed by atoms with Crippen molar-refractivity contribution < 1.29 is 21.8 Å². The van der Waals surface area contributed by atoms with Crippen molar-refractivity contribution in [2.45, 2.75) is 6.54 Å². The first-order chi connectivity index (χ1) is 7.77. The third-order valence-electron chi connectivity index (χ3n) is 2.29. The highest BCUT2D eigenvalue weighted by molar-refractivity contribution is 6.28. The van der Waals surface area contributed by atoms with Gasteiger partial charge >= 0.3 is 0 Å².